The van der Waals surface area contributed by atoms with Crippen molar-refractivity contribution in [3.8, 4) is 0 Å². The molecule has 2 aromatic carbocycles. The van der Waals surface area contributed by atoms with Crippen molar-refractivity contribution < 1.29 is 8.42 Å². The average Bonchev–Trinajstić information content (AvgIpc) is 2.41. The molecule has 2 rings (SSSR count). The SMILES string of the molecule is Cc1ccccc1CN(C)S(=O)(=O)c1ccc(Cl)cc1. The minimum Gasteiger partial charge on any atom is -0.207 e. The summed E-state index contributed by atoms with van der Waals surface area (Å²) in [4.78, 5) is 0.248. The Kier molecular flexibility index (Phi) is 4.48. The number of halogens is 1. The van der Waals surface area contributed by atoms with Gasteiger partial charge in [0.25, 0.3) is 0 Å². The Morgan fingerprint density at radius 1 is 1.05 bits per heavy atom. The first-order valence-electron chi connectivity index (χ1n) is 6.17. The Balaban J connectivity index is 2.26. The molecular formula is C15H16ClNO2S. The van der Waals surface area contributed by atoms with Crippen LogP contribution in [0.4, 0.5) is 0 Å². The normalized spacial score (nSPS) is 11.8. The standard InChI is InChI=1S/C15H16ClNO2S/c1-12-5-3-4-6-13(12)11-17(2)20(18,19)15-9-7-14(16)8-10-15/h3-10H,11H2,1-2H3. The molecule has 0 aromatic heterocycles. The number of aryl methyl sites for hydroxylation is 1. The van der Waals surface area contributed by atoms with Crippen molar-refractivity contribution >= 4 is 21.6 Å². The van der Waals surface area contributed by atoms with Crippen LogP contribution >= 0.6 is 11.6 Å². The lowest BCUT2D eigenvalue weighted by Crippen LogP contribution is -2.26. The molecule has 0 radical (unpaired) electrons. The second kappa shape index (κ2) is 5.95. The van der Waals surface area contributed by atoms with Gasteiger partial charge < -0.3 is 0 Å². The summed E-state index contributed by atoms with van der Waals surface area (Å²) in [5.74, 6) is 0. The van der Waals surface area contributed by atoms with Crippen LogP contribution in [-0.2, 0) is 16.6 Å². The summed E-state index contributed by atoms with van der Waals surface area (Å²) in [7, 11) is -1.92. The number of benzene rings is 2. The Morgan fingerprint density at radius 2 is 1.65 bits per heavy atom. The van der Waals surface area contributed by atoms with Gasteiger partial charge in [0, 0.05) is 18.6 Å². The Hall–Kier alpha value is -1.36. The van der Waals surface area contributed by atoms with Gasteiger partial charge in [-0.2, -0.15) is 4.31 Å². The molecule has 0 atom stereocenters. The number of hydrogen-bond acceptors (Lipinski definition) is 2. The van der Waals surface area contributed by atoms with Crippen molar-refractivity contribution in [2.24, 2.45) is 0 Å². The van der Waals surface area contributed by atoms with Crippen LogP contribution in [-0.4, -0.2) is 19.8 Å². The number of hydrogen-bond donors (Lipinski definition) is 0. The predicted molar refractivity (Wildman–Crippen MR) is 81.3 cm³/mol. The fourth-order valence-corrected chi connectivity index (χ4v) is 3.17. The number of sulfonamides is 1. The summed E-state index contributed by atoms with van der Waals surface area (Å²) >= 11 is 5.78. The van der Waals surface area contributed by atoms with Gasteiger partial charge in [-0.25, -0.2) is 8.42 Å². The largest absolute Gasteiger partial charge is 0.243 e. The topological polar surface area (TPSA) is 37.4 Å². The molecule has 0 aliphatic rings. The Labute approximate surface area is 124 Å². The first-order valence-corrected chi connectivity index (χ1v) is 7.99. The van der Waals surface area contributed by atoms with Crippen LogP contribution in [0.2, 0.25) is 5.02 Å². The van der Waals surface area contributed by atoms with Gasteiger partial charge >= 0.3 is 0 Å². The first-order chi connectivity index (χ1) is 9.41. The molecule has 0 heterocycles. The number of nitrogens with zero attached hydrogens (tertiary/aromatic N) is 1. The summed E-state index contributed by atoms with van der Waals surface area (Å²) in [5, 5.41) is 0.519. The monoisotopic (exact) mass is 309 g/mol. The van der Waals surface area contributed by atoms with Crippen LogP contribution in [0.25, 0.3) is 0 Å². The lowest BCUT2D eigenvalue weighted by Gasteiger charge is -2.18. The molecular weight excluding hydrogens is 294 g/mol. The molecule has 0 spiro atoms. The molecule has 2 aromatic rings. The predicted octanol–water partition coefficient (Wildman–Crippen LogP) is 3.47. The van der Waals surface area contributed by atoms with Gasteiger partial charge in [-0.15, -0.1) is 0 Å². The smallest absolute Gasteiger partial charge is 0.207 e. The van der Waals surface area contributed by atoms with Crippen LogP contribution in [0.5, 0.6) is 0 Å². The minimum absolute atomic E-state index is 0.248. The van der Waals surface area contributed by atoms with Gasteiger partial charge in [-0.05, 0) is 42.3 Å². The van der Waals surface area contributed by atoms with Gasteiger partial charge in [0.2, 0.25) is 10.0 Å². The highest BCUT2D eigenvalue weighted by Crippen LogP contribution is 2.20. The van der Waals surface area contributed by atoms with Gasteiger partial charge in [0.1, 0.15) is 0 Å². The zero-order valence-corrected chi connectivity index (χ0v) is 12.9. The van der Waals surface area contributed by atoms with Crippen LogP contribution in [0.1, 0.15) is 11.1 Å². The van der Waals surface area contributed by atoms with Gasteiger partial charge in [-0.1, -0.05) is 35.9 Å². The summed E-state index contributed by atoms with van der Waals surface area (Å²) < 4.78 is 26.2. The maximum atomic E-state index is 12.4. The molecule has 20 heavy (non-hydrogen) atoms. The van der Waals surface area contributed by atoms with Crippen LogP contribution < -0.4 is 0 Å². The molecule has 5 heteroatoms. The highest BCUT2D eigenvalue weighted by atomic mass is 35.5. The molecule has 106 valence electrons. The van der Waals surface area contributed by atoms with E-state index in [0.717, 1.165) is 11.1 Å². The lowest BCUT2D eigenvalue weighted by molar-refractivity contribution is 0.466. The molecule has 0 saturated heterocycles. The molecule has 0 unspecified atom stereocenters. The first kappa shape index (κ1) is 15.0. The zero-order valence-electron chi connectivity index (χ0n) is 11.4. The van der Waals surface area contributed by atoms with Gasteiger partial charge in [-0.3, -0.25) is 0 Å². The van der Waals surface area contributed by atoms with Crippen LogP contribution in [0.15, 0.2) is 53.4 Å². The highest BCUT2D eigenvalue weighted by molar-refractivity contribution is 7.89. The van der Waals surface area contributed by atoms with Crippen molar-refractivity contribution in [3.63, 3.8) is 0 Å². The molecule has 0 N–H and O–H groups in total. The van der Waals surface area contributed by atoms with E-state index in [2.05, 4.69) is 0 Å². The second-order valence-corrected chi connectivity index (χ2v) is 7.12. The van der Waals surface area contributed by atoms with E-state index in [1.807, 2.05) is 31.2 Å². The van der Waals surface area contributed by atoms with Gasteiger partial charge in [0.15, 0.2) is 0 Å². The van der Waals surface area contributed by atoms with Crippen molar-refractivity contribution in [1.82, 2.24) is 4.31 Å². The Morgan fingerprint density at radius 3 is 2.25 bits per heavy atom. The third-order valence-electron chi connectivity index (χ3n) is 3.18. The average molecular weight is 310 g/mol. The molecule has 0 aliphatic heterocycles. The summed E-state index contributed by atoms with van der Waals surface area (Å²) in [6, 6.07) is 13.9. The van der Waals surface area contributed by atoms with E-state index in [1.165, 1.54) is 16.4 Å². The van der Waals surface area contributed by atoms with Gasteiger partial charge in [0.05, 0.1) is 4.90 Å². The van der Waals surface area contributed by atoms with Crippen molar-refractivity contribution in [1.29, 1.82) is 0 Å². The van der Waals surface area contributed by atoms with E-state index in [4.69, 9.17) is 11.6 Å². The summed E-state index contributed by atoms with van der Waals surface area (Å²) in [6.07, 6.45) is 0. The van der Waals surface area contributed by atoms with E-state index in [9.17, 15) is 8.42 Å². The molecule has 0 amide bonds. The van der Waals surface area contributed by atoms with E-state index < -0.39 is 10.0 Å². The summed E-state index contributed by atoms with van der Waals surface area (Å²) in [6.45, 7) is 2.32. The second-order valence-electron chi connectivity index (χ2n) is 4.64. The molecule has 0 aliphatic carbocycles. The van der Waals surface area contributed by atoms with Crippen molar-refractivity contribution in [3.05, 3.63) is 64.7 Å². The quantitative estimate of drug-likeness (QED) is 0.867. The van der Waals surface area contributed by atoms with E-state index in [-0.39, 0.29) is 4.90 Å². The number of rotatable bonds is 4. The van der Waals surface area contributed by atoms with E-state index >= 15 is 0 Å². The maximum Gasteiger partial charge on any atom is 0.243 e. The molecule has 0 bridgehead atoms. The highest BCUT2D eigenvalue weighted by Gasteiger charge is 2.21. The Bertz CT molecular complexity index is 696. The minimum atomic E-state index is -3.50. The van der Waals surface area contributed by atoms with Crippen molar-refractivity contribution in [2.75, 3.05) is 7.05 Å². The summed E-state index contributed by atoms with van der Waals surface area (Å²) in [5.41, 5.74) is 2.07. The van der Waals surface area contributed by atoms with Crippen molar-refractivity contribution in [2.45, 2.75) is 18.4 Å². The van der Waals surface area contributed by atoms with E-state index in [0.29, 0.717) is 11.6 Å². The molecule has 0 saturated carbocycles. The van der Waals surface area contributed by atoms with E-state index in [1.54, 1.807) is 19.2 Å². The third-order valence-corrected chi connectivity index (χ3v) is 5.25. The molecule has 0 fully saturated rings. The zero-order chi connectivity index (χ0) is 14.8. The maximum absolute atomic E-state index is 12.4. The fraction of sp³-hybridized carbons (Fsp3) is 0.200. The lowest BCUT2D eigenvalue weighted by atomic mass is 10.1. The fourth-order valence-electron chi connectivity index (χ4n) is 1.90. The van der Waals surface area contributed by atoms with Crippen LogP contribution in [0.3, 0.4) is 0 Å². The molecule has 3 nitrogen and oxygen atoms in total. The third kappa shape index (κ3) is 3.20. The van der Waals surface area contributed by atoms with Crippen LogP contribution in [0, 0.1) is 6.92 Å².